The molecule has 0 heterocycles. The number of anilines is 1. The predicted octanol–water partition coefficient (Wildman–Crippen LogP) is 1.79. The predicted molar refractivity (Wildman–Crippen MR) is 74.9 cm³/mol. The van der Waals surface area contributed by atoms with Gasteiger partial charge in [0.2, 0.25) is 10.0 Å². The maximum Gasteiger partial charge on any atom is 0.308 e. The molecule has 1 aromatic rings. The minimum absolute atomic E-state index is 0.0714. The molecule has 106 valence electrons. The third-order valence-corrected chi connectivity index (χ3v) is 4.03. The van der Waals surface area contributed by atoms with Crippen LogP contribution < -0.4 is 4.31 Å². The zero-order valence-corrected chi connectivity index (χ0v) is 12.4. The van der Waals surface area contributed by atoms with Gasteiger partial charge in [0.1, 0.15) is 0 Å². The normalized spacial score (nSPS) is 13.1. The summed E-state index contributed by atoms with van der Waals surface area (Å²) in [5, 5.41) is 8.94. The van der Waals surface area contributed by atoms with E-state index >= 15 is 0 Å². The number of sulfonamides is 1. The van der Waals surface area contributed by atoms with Gasteiger partial charge in [0.05, 0.1) is 17.9 Å². The van der Waals surface area contributed by atoms with E-state index in [1.165, 1.54) is 6.92 Å². The number of hydrogen-bond donors (Lipinski definition) is 1. The van der Waals surface area contributed by atoms with Crippen molar-refractivity contribution < 1.29 is 18.3 Å². The highest BCUT2D eigenvalue weighted by Crippen LogP contribution is 2.24. The van der Waals surface area contributed by atoms with Crippen LogP contribution in [0, 0.1) is 19.8 Å². The SMILES string of the molecule is Cc1ccc(N(CC(C)C(=O)O)S(C)(=O)=O)c(C)c1. The second kappa shape index (κ2) is 5.61. The van der Waals surface area contributed by atoms with Gasteiger partial charge in [-0.1, -0.05) is 24.6 Å². The van der Waals surface area contributed by atoms with Crippen molar-refractivity contribution in [2.24, 2.45) is 5.92 Å². The lowest BCUT2D eigenvalue weighted by Gasteiger charge is -2.26. The van der Waals surface area contributed by atoms with E-state index in [9.17, 15) is 13.2 Å². The van der Waals surface area contributed by atoms with Crippen LogP contribution in [0.1, 0.15) is 18.1 Å². The first-order valence-corrected chi connectivity index (χ1v) is 7.75. The average molecular weight is 285 g/mol. The fraction of sp³-hybridized carbons (Fsp3) is 0.462. The van der Waals surface area contributed by atoms with Crippen LogP contribution in [0.5, 0.6) is 0 Å². The summed E-state index contributed by atoms with van der Waals surface area (Å²) >= 11 is 0. The summed E-state index contributed by atoms with van der Waals surface area (Å²) < 4.78 is 24.9. The molecule has 1 N–H and O–H groups in total. The Bertz CT molecular complexity index is 580. The zero-order valence-electron chi connectivity index (χ0n) is 11.5. The average Bonchev–Trinajstić information content (AvgIpc) is 2.24. The number of carboxylic acids is 1. The Morgan fingerprint density at radius 1 is 1.37 bits per heavy atom. The number of nitrogens with zero attached hydrogens (tertiary/aromatic N) is 1. The summed E-state index contributed by atoms with van der Waals surface area (Å²) in [6.45, 7) is 5.15. The van der Waals surface area contributed by atoms with Crippen LogP contribution in [0.3, 0.4) is 0 Å². The topological polar surface area (TPSA) is 74.7 Å². The largest absolute Gasteiger partial charge is 0.481 e. The number of aliphatic carboxylic acids is 1. The molecule has 1 rings (SSSR count). The van der Waals surface area contributed by atoms with Crippen molar-refractivity contribution in [3.05, 3.63) is 29.3 Å². The molecule has 19 heavy (non-hydrogen) atoms. The van der Waals surface area contributed by atoms with Crippen molar-refractivity contribution in [1.82, 2.24) is 0 Å². The van der Waals surface area contributed by atoms with Crippen molar-refractivity contribution in [2.75, 3.05) is 17.1 Å². The van der Waals surface area contributed by atoms with Gasteiger partial charge in [-0.15, -0.1) is 0 Å². The van der Waals surface area contributed by atoms with Crippen LogP contribution in [-0.4, -0.2) is 32.3 Å². The minimum Gasteiger partial charge on any atom is -0.481 e. The van der Waals surface area contributed by atoms with Gasteiger partial charge in [0.15, 0.2) is 0 Å². The molecule has 0 radical (unpaired) electrons. The summed E-state index contributed by atoms with van der Waals surface area (Å²) in [6.07, 6.45) is 1.08. The quantitative estimate of drug-likeness (QED) is 0.895. The van der Waals surface area contributed by atoms with Gasteiger partial charge in [-0.25, -0.2) is 8.42 Å². The van der Waals surface area contributed by atoms with Crippen molar-refractivity contribution in [3.63, 3.8) is 0 Å². The first-order chi connectivity index (χ1) is 8.62. The van der Waals surface area contributed by atoms with Crippen molar-refractivity contribution in [1.29, 1.82) is 0 Å². The number of carboxylic acid groups (broad SMARTS) is 1. The summed E-state index contributed by atoms with van der Waals surface area (Å²) in [4.78, 5) is 10.9. The smallest absolute Gasteiger partial charge is 0.308 e. The minimum atomic E-state index is -3.51. The molecule has 6 heteroatoms. The molecule has 0 aromatic heterocycles. The molecule has 0 amide bonds. The highest BCUT2D eigenvalue weighted by molar-refractivity contribution is 7.92. The fourth-order valence-corrected chi connectivity index (χ4v) is 2.88. The Hall–Kier alpha value is -1.56. The highest BCUT2D eigenvalue weighted by atomic mass is 32.2. The Balaban J connectivity index is 3.22. The molecule has 0 saturated carbocycles. The Kier molecular flexibility index (Phi) is 4.57. The molecular weight excluding hydrogens is 266 g/mol. The van der Waals surface area contributed by atoms with Crippen LogP contribution in [0.2, 0.25) is 0 Å². The van der Waals surface area contributed by atoms with Crippen LogP contribution in [-0.2, 0) is 14.8 Å². The summed E-state index contributed by atoms with van der Waals surface area (Å²) in [6, 6.07) is 5.39. The maximum atomic E-state index is 11.9. The maximum absolute atomic E-state index is 11.9. The standard InChI is InChI=1S/C13H19NO4S/c1-9-5-6-12(10(2)7-9)14(19(4,17)18)8-11(3)13(15)16/h5-7,11H,8H2,1-4H3,(H,15,16). The van der Waals surface area contributed by atoms with Crippen LogP contribution >= 0.6 is 0 Å². The van der Waals surface area contributed by atoms with Crippen molar-refractivity contribution in [3.8, 4) is 0 Å². The highest BCUT2D eigenvalue weighted by Gasteiger charge is 2.24. The molecule has 1 unspecified atom stereocenters. The van der Waals surface area contributed by atoms with E-state index in [1.807, 2.05) is 26.0 Å². The van der Waals surface area contributed by atoms with Gasteiger partial charge in [0.25, 0.3) is 0 Å². The van der Waals surface area contributed by atoms with Gasteiger partial charge in [-0.05, 0) is 25.5 Å². The summed E-state index contributed by atoms with van der Waals surface area (Å²) in [5.41, 5.74) is 2.37. The molecule has 0 aliphatic rings. The van der Waals surface area contributed by atoms with Gasteiger partial charge in [0, 0.05) is 6.54 Å². The van der Waals surface area contributed by atoms with E-state index in [2.05, 4.69) is 0 Å². The molecule has 0 bridgehead atoms. The molecule has 1 atom stereocenters. The summed E-state index contributed by atoms with van der Waals surface area (Å²) in [7, 11) is -3.51. The van der Waals surface area contributed by atoms with Gasteiger partial charge in [-0.3, -0.25) is 9.10 Å². The first-order valence-electron chi connectivity index (χ1n) is 5.90. The number of aryl methyl sites for hydroxylation is 2. The van der Waals surface area contributed by atoms with E-state index in [-0.39, 0.29) is 6.54 Å². The van der Waals surface area contributed by atoms with E-state index in [0.717, 1.165) is 21.7 Å². The lowest BCUT2D eigenvalue weighted by atomic mass is 10.1. The van der Waals surface area contributed by atoms with Gasteiger partial charge >= 0.3 is 5.97 Å². The molecule has 0 fully saturated rings. The van der Waals surface area contributed by atoms with Crippen LogP contribution in [0.15, 0.2) is 18.2 Å². The van der Waals surface area contributed by atoms with Crippen molar-refractivity contribution in [2.45, 2.75) is 20.8 Å². The monoisotopic (exact) mass is 285 g/mol. The Morgan fingerprint density at radius 3 is 2.37 bits per heavy atom. The molecule has 0 spiro atoms. The summed E-state index contributed by atoms with van der Waals surface area (Å²) in [5.74, 6) is -1.78. The van der Waals surface area contributed by atoms with Crippen LogP contribution in [0.25, 0.3) is 0 Å². The van der Waals surface area contributed by atoms with E-state index in [1.54, 1.807) is 6.07 Å². The lowest BCUT2D eigenvalue weighted by molar-refractivity contribution is -0.140. The Morgan fingerprint density at radius 2 is 1.95 bits per heavy atom. The third kappa shape index (κ3) is 3.96. The van der Waals surface area contributed by atoms with E-state index in [4.69, 9.17) is 5.11 Å². The molecular formula is C13H19NO4S. The molecule has 0 saturated heterocycles. The lowest BCUT2D eigenvalue weighted by Crippen LogP contribution is -2.36. The number of benzene rings is 1. The van der Waals surface area contributed by atoms with E-state index in [0.29, 0.717) is 5.69 Å². The van der Waals surface area contributed by atoms with Crippen molar-refractivity contribution >= 4 is 21.7 Å². The molecule has 5 nitrogen and oxygen atoms in total. The van der Waals surface area contributed by atoms with Crippen LogP contribution in [0.4, 0.5) is 5.69 Å². The molecule has 0 aliphatic carbocycles. The fourth-order valence-electron chi connectivity index (χ4n) is 1.82. The van der Waals surface area contributed by atoms with E-state index < -0.39 is 21.9 Å². The Labute approximate surface area is 113 Å². The zero-order chi connectivity index (χ0) is 14.8. The number of rotatable bonds is 5. The molecule has 0 aliphatic heterocycles. The second-order valence-corrected chi connectivity index (χ2v) is 6.73. The third-order valence-electron chi connectivity index (χ3n) is 2.88. The first kappa shape index (κ1) is 15.5. The second-order valence-electron chi connectivity index (χ2n) is 4.82. The molecule has 1 aromatic carbocycles. The van der Waals surface area contributed by atoms with Gasteiger partial charge < -0.3 is 5.11 Å². The number of carbonyl (C=O) groups is 1. The number of hydrogen-bond acceptors (Lipinski definition) is 3. The van der Waals surface area contributed by atoms with Gasteiger partial charge in [-0.2, -0.15) is 0 Å².